The molecule has 19 heavy (non-hydrogen) atoms. The van der Waals surface area contributed by atoms with Gasteiger partial charge < -0.3 is 9.30 Å². The number of nitrogens with zero attached hydrogens (tertiary/aromatic N) is 2. The van der Waals surface area contributed by atoms with Crippen LogP contribution in [0, 0.1) is 0 Å². The first kappa shape index (κ1) is 12.5. The van der Waals surface area contributed by atoms with E-state index in [4.69, 9.17) is 16.3 Å². The zero-order valence-corrected chi connectivity index (χ0v) is 11.9. The molecular weight excluding hydrogens is 260 g/mol. The van der Waals surface area contributed by atoms with Gasteiger partial charge in [0.25, 0.3) is 0 Å². The molecule has 3 nitrogen and oxygen atoms in total. The molecule has 3 rings (SSSR count). The third-order valence-electron chi connectivity index (χ3n) is 3.78. The number of ether oxygens (including phenoxy) is 1. The second-order valence-electron chi connectivity index (χ2n) is 5.04. The van der Waals surface area contributed by atoms with Crippen LogP contribution in [0.4, 0.5) is 0 Å². The molecule has 100 valence electrons. The summed E-state index contributed by atoms with van der Waals surface area (Å²) in [4.78, 5) is 4.56. The number of rotatable bonds is 2. The predicted octanol–water partition coefficient (Wildman–Crippen LogP) is 4.11. The van der Waals surface area contributed by atoms with Crippen LogP contribution >= 0.6 is 11.6 Å². The molecule has 1 aromatic carbocycles. The minimum atomic E-state index is 0.480. The van der Waals surface area contributed by atoms with Gasteiger partial charge in [-0.15, -0.1) is 0 Å². The Balaban J connectivity index is 2.13. The Bertz CT molecular complexity index is 606. The van der Waals surface area contributed by atoms with Gasteiger partial charge in [-0.2, -0.15) is 0 Å². The topological polar surface area (TPSA) is 27.1 Å². The van der Waals surface area contributed by atoms with Crippen molar-refractivity contribution in [3.05, 3.63) is 35.1 Å². The molecule has 0 aliphatic carbocycles. The van der Waals surface area contributed by atoms with Gasteiger partial charge in [-0.05, 0) is 30.9 Å². The number of hydrogen-bond acceptors (Lipinski definition) is 2. The molecule has 0 saturated carbocycles. The molecule has 0 N–H and O–H groups in total. The average Bonchev–Trinajstić information content (AvgIpc) is 2.78. The Morgan fingerprint density at radius 1 is 1.42 bits per heavy atom. The minimum Gasteiger partial charge on any atom is -0.497 e. The molecule has 0 spiro atoms. The van der Waals surface area contributed by atoms with Crippen molar-refractivity contribution >= 4 is 11.6 Å². The van der Waals surface area contributed by atoms with Gasteiger partial charge in [0.15, 0.2) is 5.15 Å². The highest BCUT2D eigenvalue weighted by atomic mass is 35.5. The Labute approximate surface area is 118 Å². The number of benzene rings is 1. The Kier molecular flexibility index (Phi) is 3.23. The summed E-state index contributed by atoms with van der Waals surface area (Å²) in [5, 5.41) is 0.644. The molecule has 4 heteroatoms. The largest absolute Gasteiger partial charge is 0.497 e. The van der Waals surface area contributed by atoms with Gasteiger partial charge >= 0.3 is 0 Å². The van der Waals surface area contributed by atoms with Crippen molar-refractivity contribution in [2.45, 2.75) is 32.2 Å². The van der Waals surface area contributed by atoms with Crippen molar-refractivity contribution in [3.8, 4) is 17.1 Å². The molecule has 0 radical (unpaired) electrons. The first-order chi connectivity index (χ1) is 9.20. The third-order valence-corrected chi connectivity index (χ3v) is 4.05. The summed E-state index contributed by atoms with van der Waals surface area (Å²) in [7, 11) is 1.68. The quantitative estimate of drug-likeness (QED) is 0.825. The smallest absolute Gasteiger partial charge is 0.151 e. The van der Waals surface area contributed by atoms with Crippen LogP contribution in [0.5, 0.6) is 5.75 Å². The van der Waals surface area contributed by atoms with Crippen molar-refractivity contribution in [1.82, 2.24) is 9.55 Å². The van der Waals surface area contributed by atoms with Crippen LogP contribution in [0.25, 0.3) is 11.4 Å². The van der Waals surface area contributed by atoms with Crippen molar-refractivity contribution < 1.29 is 4.74 Å². The first-order valence-corrected chi connectivity index (χ1v) is 6.99. The maximum Gasteiger partial charge on any atom is 0.151 e. The fourth-order valence-corrected chi connectivity index (χ4v) is 3.17. The van der Waals surface area contributed by atoms with E-state index in [-0.39, 0.29) is 0 Å². The monoisotopic (exact) mass is 276 g/mol. The Morgan fingerprint density at radius 2 is 2.26 bits per heavy atom. The summed E-state index contributed by atoms with van der Waals surface area (Å²) >= 11 is 6.32. The molecule has 1 aliphatic rings. The number of halogens is 1. The molecule has 1 atom stereocenters. The van der Waals surface area contributed by atoms with E-state index in [0.717, 1.165) is 23.7 Å². The number of methoxy groups -OCH3 is 1. The van der Waals surface area contributed by atoms with Gasteiger partial charge in [0.2, 0.25) is 0 Å². The van der Waals surface area contributed by atoms with E-state index in [0.29, 0.717) is 11.1 Å². The molecular formula is C15H17ClN2O. The summed E-state index contributed by atoms with van der Waals surface area (Å²) in [6, 6.07) is 7.97. The van der Waals surface area contributed by atoms with Crippen LogP contribution in [0.2, 0.25) is 5.15 Å². The fourth-order valence-electron chi connectivity index (χ4n) is 2.81. The van der Waals surface area contributed by atoms with E-state index in [1.807, 2.05) is 24.3 Å². The van der Waals surface area contributed by atoms with Gasteiger partial charge in [0.05, 0.1) is 12.8 Å². The van der Waals surface area contributed by atoms with E-state index < -0.39 is 0 Å². The van der Waals surface area contributed by atoms with E-state index in [2.05, 4.69) is 16.5 Å². The second kappa shape index (κ2) is 4.89. The zero-order chi connectivity index (χ0) is 13.4. The van der Waals surface area contributed by atoms with Crippen molar-refractivity contribution in [3.63, 3.8) is 0 Å². The number of imidazole rings is 1. The van der Waals surface area contributed by atoms with E-state index in [1.165, 1.54) is 18.5 Å². The van der Waals surface area contributed by atoms with Gasteiger partial charge in [0.1, 0.15) is 11.6 Å². The summed E-state index contributed by atoms with van der Waals surface area (Å²) in [5.74, 6) is 2.27. The van der Waals surface area contributed by atoms with Crippen LogP contribution < -0.4 is 4.74 Å². The normalized spacial score (nSPS) is 18.2. The molecule has 2 aromatic rings. The highest BCUT2D eigenvalue weighted by Crippen LogP contribution is 2.36. The second-order valence-corrected chi connectivity index (χ2v) is 5.40. The lowest BCUT2D eigenvalue weighted by Crippen LogP contribution is -2.14. The molecule has 1 unspecified atom stereocenters. The summed E-state index contributed by atoms with van der Waals surface area (Å²) < 4.78 is 7.53. The zero-order valence-electron chi connectivity index (χ0n) is 11.2. The van der Waals surface area contributed by atoms with Gasteiger partial charge in [-0.1, -0.05) is 30.7 Å². The predicted molar refractivity (Wildman–Crippen MR) is 76.9 cm³/mol. The van der Waals surface area contributed by atoms with Gasteiger partial charge in [-0.25, -0.2) is 4.98 Å². The maximum atomic E-state index is 6.32. The van der Waals surface area contributed by atoms with Crippen LogP contribution in [0.15, 0.2) is 24.3 Å². The Morgan fingerprint density at radius 3 is 3.05 bits per heavy atom. The van der Waals surface area contributed by atoms with Crippen LogP contribution in [0.3, 0.4) is 0 Å². The van der Waals surface area contributed by atoms with Crippen LogP contribution in [0.1, 0.15) is 31.4 Å². The van der Waals surface area contributed by atoms with Crippen molar-refractivity contribution in [2.75, 3.05) is 7.11 Å². The Hall–Kier alpha value is -1.48. The molecule has 0 saturated heterocycles. The van der Waals surface area contributed by atoms with E-state index in [9.17, 15) is 0 Å². The standard InChI is InChI=1S/C15H17ClN2O/c1-10-5-4-8-18-13(10)14(16)17-15(18)11-6-3-7-12(9-11)19-2/h3,6-7,9-10H,4-5,8H2,1-2H3. The summed E-state index contributed by atoms with van der Waals surface area (Å²) in [5.41, 5.74) is 2.23. The molecule has 0 amide bonds. The molecule has 0 bridgehead atoms. The lowest BCUT2D eigenvalue weighted by Gasteiger charge is -2.22. The average molecular weight is 277 g/mol. The fraction of sp³-hybridized carbons (Fsp3) is 0.400. The lowest BCUT2D eigenvalue weighted by atomic mass is 9.98. The molecule has 1 aromatic heterocycles. The molecule has 0 fully saturated rings. The van der Waals surface area contributed by atoms with Gasteiger partial charge in [0, 0.05) is 12.1 Å². The van der Waals surface area contributed by atoms with Gasteiger partial charge in [-0.3, -0.25) is 0 Å². The maximum absolute atomic E-state index is 6.32. The SMILES string of the molecule is COc1cccc(-c2nc(Cl)c3n2CCCC3C)c1. The first-order valence-electron chi connectivity index (χ1n) is 6.61. The minimum absolute atomic E-state index is 0.480. The number of fused-ring (bicyclic) bond motifs is 1. The van der Waals surface area contributed by atoms with Crippen molar-refractivity contribution in [2.24, 2.45) is 0 Å². The summed E-state index contributed by atoms with van der Waals surface area (Å²) in [6.45, 7) is 3.21. The van der Waals surface area contributed by atoms with E-state index in [1.54, 1.807) is 7.11 Å². The highest BCUT2D eigenvalue weighted by Gasteiger charge is 2.24. The molecule has 1 aliphatic heterocycles. The molecule has 2 heterocycles. The van der Waals surface area contributed by atoms with E-state index >= 15 is 0 Å². The summed E-state index contributed by atoms with van der Waals surface area (Å²) in [6.07, 6.45) is 2.36. The van der Waals surface area contributed by atoms with Crippen molar-refractivity contribution in [1.29, 1.82) is 0 Å². The highest BCUT2D eigenvalue weighted by molar-refractivity contribution is 6.30. The van der Waals surface area contributed by atoms with Crippen LogP contribution in [-0.4, -0.2) is 16.7 Å². The van der Waals surface area contributed by atoms with Crippen LogP contribution in [-0.2, 0) is 6.54 Å². The number of hydrogen-bond donors (Lipinski definition) is 0. The lowest BCUT2D eigenvalue weighted by molar-refractivity contribution is 0.415. The number of aromatic nitrogens is 2. The third kappa shape index (κ3) is 2.12.